The van der Waals surface area contributed by atoms with Crippen LogP contribution in [0.25, 0.3) is 0 Å². The Kier molecular flexibility index (Phi) is 3.55. The molecule has 1 aromatic rings. The lowest BCUT2D eigenvalue weighted by atomic mass is 9.99. The van der Waals surface area contributed by atoms with Gasteiger partial charge in [-0.3, -0.25) is 0 Å². The Hall–Kier alpha value is -1.92. The van der Waals surface area contributed by atoms with E-state index in [-0.39, 0.29) is 6.61 Å². The molecule has 0 amide bonds. The summed E-state index contributed by atoms with van der Waals surface area (Å²) in [5.74, 6) is -1.52. The predicted octanol–water partition coefficient (Wildman–Crippen LogP) is -0.119. The molecular formula is C13H14O6. The third-order valence-electron chi connectivity index (χ3n) is 2.99. The molecule has 19 heavy (non-hydrogen) atoms. The van der Waals surface area contributed by atoms with Crippen molar-refractivity contribution in [1.29, 1.82) is 0 Å². The maximum Gasteiger partial charge on any atom is 0.341 e. The molecular weight excluding hydrogens is 252 g/mol. The number of carbonyl (C=O) groups excluding carboxylic acids is 2. The molecule has 0 saturated carbocycles. The van der Waals surface area contributed by atoms with E-state index in [0.717, 1.165) is 6.92 Å². The minimum absolute atomic E-state index is 0.309. The number of hydrogen-bond donors (Lipinski definition) is 2. The Labute approximate surface area is 109 Å². The van der Waals surface area contributed by atoms with E-state index in [1.807, 2.05) is 0 Å². The van der Waals surface area contributed by atoms with Crippen LogP contribution >= 0.6 is 0 Å². The van der Waals surface area contributed by atoms with E-state index in [2.05, 4.69) is 0 Å². The van der Waals surface area contributed by atoms with Crippen molar-refractivity contribution in [1.82, 2.24) is 0 Å². The van der Waals surface area contributed by atoms with Crippen LogP contribution in [0.3, 0.4) is 0 Å². The van der Waals surface area contributed by atoms with Crippen molar-refractivity contribution in [3.05, 3.63) is 35.9 Å². The summed E-state index contributed by atoms with van der Waals surface area (Å²) in [6.07, 6.45) is -2.49. The fraction of sp³-hybridized carbons (Fsp3) is 0.385. The first-order valence-corrected chi connectivity index (χ1v) is 5.76. The highest BCUT2D eigenvalue weighted by molar-refractivity contribution is 5.89. The zero-order chi connectivity index (χ0) is 14.0. The van der Waals surface area contributed by atoms with Crippen molar-refractivity contribution >= 4 is 11.9 Å². The van der Waals surface area contributed by atoms with Crippen LogP contribution in [0.5, 0.6) is 0 Å². The van der Waals surface area contributed by atoms with Gasteiger partial charge in [-0.15, -0.1) is 0 Å². The highest BCUT2D eigenvalue weighted by Crippen LogP contribution is 2.26. The number of rotatable bonds is 3. The first-order chi connectivity index (χ1) is 8.93. The number of ether oxygens (including phenoxy) is 2. The van der Waals surface area contributed by atoms with Crippen LogP contribution in [-0.4, -0.2) is 46.6 Å². The van der Waals surface area contributed by atoms with Gasteiger partial charge >= 0.3 is 11.9 Å². The monoisotopic (exact) mass is 266 g/mol. The van der Waals surface area contributed by atoms with Crippen LogP contribution in [0.2, 0.25) is 0 Å². The fourth-order valence-electron chi connectivity index (χ4n) is 1.74. The van der Waals surface area contributed by atoms with Gasteiger partial charge in [0.25, 0.3) is 0 Å². The lowest BCUT2D eigenvalue weighted by Gasteiger charge is -2.18. The Morgan fingerprint density at radius 3 is 2.58 bits per heavy atom. The molecule has 6 nitrogen and oxygen atoms in total. The number of esters is 2. The molecule has 2 rings (SSSR count). The third kappa shape index (κ3) is 2.59. The SMILES string of the molecule is C[C@@]1(O)C(=O)OC(COC(=O)c2ccccc2)[C@H]1O. The molecule has 1 fully saturated rings. The summed E-state index contributed by atoms with van der Waals surface area (Å²) < 4.78 is 9.70. The molecule has 6 heteroatoms. The van der Waals surface area contributed by atoms with E-state index < -0.39 is 29.7 Å². The van der Waals surface area contributed by atoms with Crippen molar-refractivity contribution in [2.24, 2.45) is 0 Å². The number of aliphatic hydroxyl groups excluding tert-OH is 1. The fourth-order valence-corrected chi connectivity index (χ4v) is 1.74. The van der Waals surface area contributed by atoms with Gasteiger partial charge in [-0.25, -0.2) is 9.59 Å². The Morgan fingerprint density at radius 2 is 2.05 bits per heavy atom. The molecule has 102 valence electrons. The van der Waals surface area contributed by atoms with Gasteiger partial charge in [0.05, 0.1) is 5.56 Å². The Bertz CT molecular complexity index is 481. The number of benzene rings is 1. The quantitative estimate of drug-likeness (QED) is 0.741. The number of aliphatic hydroxyl groups is 2. The molecule has 2 N–H and O–H groups in total. The second kappa shape index (κ2) is 4.99. The van der Waals surface area contributed by atoms with Gasteiger partial charge in [0.2, 0.25) is 0 Å². The van der Waals surface area contributed by atoms with E-state index >= 15 is 0 Å². The Balaban J connectivity index is 1.94. The maximum atomic E-state index is 11.6. The molecule has 1 aliphatic heterocycles. The van der Waals surface area contributed by atoms with Gasteiger partial charge in [-0.2, -0.15) is 0 Å². The number of cyclic esters (lactones) is 1. The first-order valence-electron chi connectivity index (χ1n) is 5.76. The molecule has 0 bridgehead atoms. The third-order valence-corrected chi connectivity index (χ3v) is 2.99. The first kappa shape index (κ1) is 13.5. The normalized spacial score (nSPS) is 29.9. The standard InChI is InChI=1S/C13H14O6/c1-13(17)10(14)9(19-12(13)16)7-18-11(15)8-5-3-2-4-6-8/h2-6,9-10,14,17H,7H2,1H3/t9?,10-,13+/m1/s1. The molecule has 1 unspecified atom stereocenters. The second-order valence-corrected chi connectivity index (χ2v) is 4.50. The minimum atomic E-state index is -1.97. The summed E-state index contributed by atoms with van der Waals surface area (Å²) in [5, 5.41) is 19.3. The molecule has 1 aliphatic rings. The molecule has 0 aromatic heterocycles. The summed E-state index contributed by atoms with van der Waals surface area (Å²) in [7, 11) is 0. The highest BCUT2D eigenvalue weighted by Gasteiger charge is 2.53. The molecule has 1 saturated heterocycles. The van der Waals surface area contributed by atoms with Gasteiger partial charge in [-0.1, -0.05) is 18.2 Å². The summed E-state index contributed by atoms with van der Waals surface area (Å²) >= 11 is 0. The van der Waals surface area contributed by atoms with Crippen LogP contribution < -0.4 is 0 Å². The van der Waals surface area contributed by atoms with Crippen LogP contribution in [0, 0.1) is 0 Å². The molecule has 0 radical (unpaired) electrons. The highest BCUT2D eigenvalue weighted by atomic mass is 16.6. The van der Waals surface area contributed by atoms with Crippen molar-refractivity contribution in [2.75, 3.05) is 6.61 Å². The molecule has 1 aromatic carbocycles. The van der Waals surface area contributed by atoms with Gasteiger partial charge in [0.1, 0.15) is 12.7 Å². The number of carbonyl (C=O) groups is 2. The topological polar surface area (TPSA) is 93.1 Å². The molecule has 0 aliphatic carbocycles. The average molecular weight is 266 g/mol. The average Bonchev–Trinajstić information content (AvgIpc) is 2.60. The summed E-state index contributed by atoms with van der Waals surface area (Å²) in [4.78, 5) is 22.9. The van der Waals surface area contributed by atoms with E-state index in [1.54, 1.807) is 30.3 Å². The van der Waals surface area contributed by atoms with Gasteiger partial charge in [0.15, 0.2) is 11.7 Å². The van der Waals surface area contributed by atoms with Gasteiger partial charge < -0.3 is 19.7 Å². The van der Waals surface area contributed by atoms with E-state index in [4.69, 9.17) is 9.47 Å². The second-order valence-electron chi connectivity index (χ2n) is 4.50. The van der Waals surface area contributed by atoms with Crippen molar-refractivity contribution in [3.8, 4) is 0 Å². The van der Waals surface area contributed by atoms with Crippen LogP contribution in [0.4, 0.5) is 0 Å². The van der Waals surface area contributed by atoms with Crippen LogP contribution in [-0.2, 0) is 14.3 Å². The van der Waals surface area contributed by atoms with E-state index in [9.17, 15) is 19.8 Å². The largest absolute Gasteiger partial charge is 0.458 e. The predicted molar refractivity (Wildman–Crippen MR) is 63.2 cm³/mol. The van der Waals surface area contributed by atoms with Gasteiger partial charge in [0, 0.05) is 0 Å². The van der Waals surface area contributed by atoms with Crippen LogP contribution in [0.15, 0.2) is 30.3 Å². The van der Waals surface area contributed by atoms with Crippen LogP contribution in [0.1, 0.15) is 17.3 Å². The summed E-state index contributed by atoms with van der Waals surface area (Å²) in [6.45, 7) is 0.843. The zero-order valence-corrected chi connectivity index (χ0v) is 10.3. The van der Waals surface area contributed by atoms with E-state index in [0.29, 0.717) is 5.56 Å². The minimum Gasteiger partial charge on any atom is -0.458 e. The van der Waals surface area contributed by atoms with Gasteiger partial charge in [-0.05, 0) is 19.1 Å². The van der Waals surface area contributed by atoms with Crippen molar-refractivity contribution in [2.45, 2.75) is 24.7 Å². The smallest absolute Gasteiger partial charge is 0.341 e. The maximum absolute atomic E-state index is 11.6. The van der Waals surface area contributed by atoms with Crippen molar-refractivity contribution < 1.29 is 29.3 Å². The van der Waals surface area contributed by atoms with Crippen molar-refractivity contribution in [3.63, 3.8) is 0 Å². The molecule has 0 spiro atoms. The number of hydrogen-bond acceptors (Lipinski definition) is 6. The lowest BCUT2D eigenvalue weighted by Crippen LogP contribution is -2.44. The molecule has 3 atom stereocenters. The summed E-state index contributed by atoms with van der Waals surface area (Å²) in [5.41, 5.74) is -1.61. The molecule has 1 heterocycles. The van der Waals surface area contributed by atoms with E-state index in [1.165, 1.54) is 0 Å². The Morgan fingerprint density at radius 1 is 1.42 bits per heavy atom. The lowest BCUT2D eigenvalue weighted by molar-refractivity contribution is -0.155. The summed E-state index contributed by atoms with van der Waals surface area (Å²) in [6, 6.07) is 8.29. The zero-order valence-electron chi connectivity index (χ0n) is 10.3.